The lowest BCUT2D eigenvalue weighted by molar-refractivity contribution is 0.0892. The van der Waals surface area contributed by atoms with E-state index < -0.39 is 27.3 Å². The van der Waals surface area contributed by atoms with E-state index in [0.29, 0.717) is 48.4 Å². The molecular formula is C37H46N6O6S. The van der Waals surface area contributed by atoms with Crippen molar-refractivity contribution >= 4 is 44.9 Å². The molecular weight excluding hydrogens is 657 g/mol. The van der Waals surface area contributed by atoms with E-state index in [0.717, 1.165) is 43.4 Å². The van der Waals surface area contributed by atoms with E-state index in [1.807, 2.05) is 60.7 Å². The van der Waals surface area contributed by atoms with Crippen molar-refractivity contribution in [3.8, 4) is 0 Å². The number of para-hydroxylation sites is 1. The molecule has 0 spiro atoms. The predicted molar refractivity (Wildman–Crippen MR) is 193 cm³/mol. The van der Waals surface area contributed by atoms with E-state index in [4.69, 9.17) is 14.5 Å². The first-order valence-electron chi connectivity index (χ1n) is 17.4. The van der Waals surface area contributed by atoms with Crippen molar-refractivity contribution in [2.24, 2.45) is 11.8 Å². The van der Waals surface area contributed by atoms with Crippen molar-refractivity contribution in [3.05, 3.63) is 83.6 Å². The van der Waals surface area contributed by atoms with E-state index >= 15 is 0 Å². The molecule has 1 aromatic heterocycles. The first kappa shape index (κ1) is 35.3. The van der Waals surface area contributed by atoms with Crippen molar-refractivity contribution in [3.63, 3.8) is 0 Å². The van der Waals surface area contributed by atoms with Gasteiger partial charge in [0.05, 0.1) is 16.5 Å². The smallest absolute Gasteiger partial charge is 0.410 e. The van der Waals surface area contributed by atoms with Crippen LogP contribution in [-0.4, -0.2) is 81.2 Å². The van der Waals surface area contributed by atoms with Gasteiger partial charge in [-0.3, -0.25) is 4.79 Å². The Bertz CT molecular complexity index is 1750. The number of carbonyl (C=O) groups is 2. The fraction of sp³-hybridized carbons (Fsp3) is 0.459. The average Bonchev–Trinajstić information content (AvgIpc) is 3.10. The number of ether oxygens (including phenoxy) is 2. The summed E-state index contributed by atoms with van der Waals surface area (Å²) in [4.78, 5) is 34.8. The Morgan fingerprint density at radius 1 is 0.920 bits per heavy atom. The summed E-state index contributed by atoms with van der Waals surface area (Å²) < 4.78 is 40.2. The van der Waals surface area contributed by atoms with Gasteiger partial charge >= 0.3 is 6.09 Å². The fourth-order valence-electron chi connectivity index (χ4n) is 6.81. The minimum absolute atomic E-state index is 0.0480. The van der Waals surface area contributed by atoms with Crippen molar-refractivity contribution < 1.29 is 27.5 Å². The predicted octanol–water partition coefficient (Wildman–Crippen LogP) is 5.72. The lowest BCUT2D eigenvalue weighted by Gasteiger charge is -2.36. The second kappa shape index (κ2) is 16.0. The monoisotopic (exact) mass is 702 g/mol. The quantitative estimate of drug-likeness (QED) is 0.201. The summed E-state index contributed by atoms with van der Waals surface area (Å²) >= 11 is 0. The highest BCUT2D eigenvalue weighted by molar-refractivity contribution is 7.90. The highest BCUT2D eigenvalue weighted by Crippen LogP contribution is 2.38. The number of sulfonamides is 1. The summed E-state index contributed by atoms with van der Waals surface area (Å²) in [6.07, 6.45) is 4.51. The molecule has 2 saturated heterocycles. The Morgan fingerprint density at radius 2 is 1.58 bits per heavy atom. The zero-order valence-corrected chi connectivity index (χ0v) is 29.3. The fourth-order valence-corrected chi connectivity index (χ4v) is 8.17. The molecule has 13 heteroatoms. The zero-order chi connectivity index (χ0) is 35.1. The molecule has 0 atom stereocenters. The molecule has 3 N–H and O–H groups in total. The Hall–Kier alpha value is -4.49. The van der Waals surface area contributed by atoms with Gasteiger partial charge in [-0.25, -0.2) is 22.9 Å². The minimum atomic E-state index is -4.10. The third-order valence-corrected chi connectivity index (χ3v) is 11.8. The van der Waals surface area contributed by atoms with Crippen molar-refractivity contribution in [2.45, 2.75) is 56.8 Å². The lowest BCUT2D eigenvalue weighted by atomic mass is 9.79. The zero-order valence-electron chi connectivity index (χ0n) is 28.5. The number of anilines is 3. The number of amides is 2. The molecule has 3 heterocycles. The van der Waals surface area contributed by atoms with Crippen molar-refractivity contribution in [1.29, 1.82) is 5.41 Å². The van der Waals surface area contributed by atoms with E-state index in [1.165, 1.54) is 4.90 Å². The lowest BCUT2D eigenvalue weighted by Crippen LogP contribution is -2.47. The van der Waals surface area contributed by atoms with Crippen molar-refractivity contribution in [2.75, 3.05) is 50.1 Å². The Balaban J connectivity index is 1.21. The molecule has 2 aromatic carbocycles. The summed E-state index contributed by atoms with van der Waals surface area (Å²) in [5.41, 5.74) is 3.39. The molecule has 1 aliphatic carbocycles. The molecule has 3 aromatic rings. The van der Waals surface area contributed by atoms with Gasteiger partial charge in [-0.2, -0.15) is 0 Å². The van der Waals surface area contributed by atoms with Crippen LogP contribution >= 0.6 is 0 Å². The highest BCUT2D eigenvalue weighted by Gasteiger charge is 2.35. The van der Waals surface area contributed by atoms with Gasteiger partial charge in [0.25, 0.3) is 5.91 Å². The number of aromatic nitrogens is 1. The van der Waals surface area contributed by atoms with Crippen LogP contribution in [0.1, 0.15) is 66.6 Å². The third-order valence-electron chi connectivity index (χ3n) is 9.99. The van der Waals surface area contributed by atoms with Gasteiger partial charge in [-0.1, -0.05) is 55.0 Å². The number of piperidine rings is 2. The number of methoxy groups -OCH3 is 1. The number of rotatable bonds is 12. The minimum Gasteiger partial charge on any atom is -0.445 e. The molecule has 12 nitrogen and oxygen atoms in total. The summed E-state index contributed by atoms with van der Waals surface area (Å²) in [6.45, 7) is 2.61. The van der Waals surface area contributed by atoms with Crippen molar-refractivity contribution in [1.82, 2.24) is 14.6 Å². The van der Waals surface area contributed by atoms with Gasteiger partial charge in [0, 0.05) is 57.2 Å². The topological polar surface area (TPSA) is 154 Å². The van der Waals surface area contributed by atoms with Gasteiger partial charge in [0.15, 0.2) is 0 Å². The highest BCUT2D eigenvalue weighted by atomic mass is 32.2. The largest absolute Gasteiger partial charge is 0.445 e. The molecule has 2 amide bonds. The maximum Gasteiger partial charge on any atom is 0.410 e. The molecule has 6 rings (SSSR count). The summed E-state index contributed by atoms with van der Waals surface area (Å²) in [6, 6.07) is 20.4. The van der Waals surface area contributed by atoms with Gasteiger partial charge < -0.3 is 30.0 Å². The summed E-state index contributed by atoms with van der Waals surface area (Å²) in [5.74, 6) is 0.0385. The molecule has 2 aliphatic heterocycles. The van der Waals surface area contributed by atoms with Crippen LogP contribution in [0.15, 0.2) is 66.7 Å². The van der Waals surface area contributed by atoms with Gasteiger partial charge in [-0.05, 0) is 68.2 Å². The van der Waals surface area contributed by atoms with E-state index in [-0.39, 0.29) is 44.1 Å². The van der Waals surface area contributed by atoms with E-state index in [1.54, 1.807) is 13.2 Å². The number of nitrogens with zero attached hydrogens (tertiary/aromatic N) is 3. The Kier molecular flexibility index (Phi) is 11.3. The van der Waals surface area contributed by atoms with Crippen LogP contribution in [0.4, 0.5) is 22.0 Å². The standard InChI is InChI=1S/C37H46N6O6S/c1-48-24-27-15-19-42(20-16-27)32-23-31(40-35(39-29-13-6-3-7-14-29)33(32)34(38)28-11-8-12-28)36(44)41-50(46,47)30-17-21-43(22-18-30)37(45)49-25-26-9-4-2-5-10-26/h2-7,9-10,13-14,23,27-28,30,38H,8,11-12,15-22,24-25H2,1H3,(H,39,40)(H,41,44). The number of nitrogens with one attached hydrogen (secondary N) is 3. The number of hydrogen-bond donors (Lipinski definition) is 3. The summed E-state index contributed by atoms with van der Waals surface area (Å²) in [7, 11) is -2.39. The maximum absolute atomic E-state index is 13.8. The number of likely N-dealkylation sites (tertiary alicyclic amines) is 1. The number of hydrogen-bond acceptors (Lipinski definition) is 10. The third kappa shape index (κ3) is 8.44. The number of pyridine rings is 1. The molecule has 0 unspecified atom stereocenters. The molecule has 50 heavy (non-hydrogen) atoms. The van der Waals surface area contributed by atoms with E-state index in [9.17, 15) is 23.4 Å². The molecule has 3 fully saturated rings. The molecule has 3 aliphatic rings. The van der Waals surface area contributed by atoms with Crippen LogP contribution in [-0.2, 0) is 26.1 Å². The van der Waals surface area contributed by atoms with E-state index in [2.05, 4.69) is 14.9 Å². The number of carbonyl (C=O) groups excluding carboxylic acids is 2. The van der Waals surface area contributed by atoms with Gasteiger partial charge in [-0.15, -0.1) is 0 Å². The second-order valence-corrected chi connectivity index (χ2v) is 15.3. The number of benzene rings is 2. The van der Waals surface area contributed by atoms with Crippen LogP contribution in [0, 0.1) is 17.2 Å². The first-order chi connectivity index (χ1) is 24.2. The Labute approximate surface area is 294 Å². The molecule has 0 radical (unpaired) electrons. The molecule has 0 bridgehead atoms. The van der Waals surface area contributed by atoms with Crippen LogP contribution in [0.2, 0.25) is 0 Å². The maximum atomic E-state index is 13.8. The van der Waals surface area contributed by atoms with Crippen LogP contribution in [0.5, 0.6) is 0 Å². The molecule has 266 valence electrons. The van der Waals surface area contributed by atoms with Crippen LogP contribution in [0.25, 0.3) is 0 Å². The van der Waals surface area contributed by atoms with Crippen LogP contribution < -0.4 is 14.9 Å². The van der Waals surface area contributed by atoms with Gasteiger partial charge in [0.2, 0.25) is 10.0 Å². The van der Waals surface area contributed by atoms with Gasteiger partial charge in [0.1, 0.15) is 18.1 Å². The average molecular weight is 703 g/mol. The first-order valence-corrected chi connectivity index (χ1v) is 19.0. The van der Waals surface area contributed by atoms with Crippen LogP contribution in [0.3, 0.4) is 0 Å². The Morgan fingerprint density at radius 3 is 2.20 bits per heavy atom. The molecule has 1 saturated carbocycles. The normalized spacial score (nSPS) is 17.5. The second-order valence-electron chi connectivity index (χ2n) is 13.4. The SMILES string of the molecule is COCC1CCN(c2cc(C(=O)NS(=O)(=O)C3CCN(C(=O)OCc4ccccc4)CC3)nc(Nc3ccccc3)c2C(=N)C2CCC2)CC1. The summed E-state index contributed by atoms with van der Waals surface area (Å²) in [5, 5.41) is 11.8.